The van der Waals surface area contributed by atoms with Crippen molar-refractivity contribution in [1.82, 2.24) is 13.6 Å². The van der Waals surface area contributed by atoms with E-state index in [-0.39, 0.29) is 0 Å². The molecule has 0 bridgehead atoms. The Morgan fingerprint density at radius 3 is 2.60 bits per heavy atom. The molecule has 0 atom stereocenters. The zero-order chi connectivity index (χ0) is 18.7. The summed E-state index contributed by atoms with van der Waals surface area (Å²) in [6.07, 6.45) is 7.15. The van der Waals surface area contributed by atoms with E-state index in [1.54, 1.807) is 0 Å². The molecule has 25 heavy (non-hydrogen) atoms. The monoisotopic (exact) mass is 405 g/mol. The number of carbonyl (C=O) groups is 2. The lowest BCUT2D eigenvalue weighted by Crippen LogP contribution is -2.25. The van der Waals surface area contributed by atoms with Crippen LogP contribution in [0, 0.1) is 0 Å². The van der Waals surface area contributed by atoms with Crippen LogP contribution in [0.5, 0.6) is 0 Å². The Kier molecular flexibility index (Phi) is 10.8. The van der Waals surface area contributed by atoms with E-state index in [0.717, 1.165) is 41.7 Å². The first-order chi connectivity index (χ1) is 12.0. The van der Waals surface area contributed by atoms with Crippen LogP contribution >= 0.6 is 36.1 Å². The van der Waals surface area contributed by atoms with Gasteiger partial charge in [0.1, 0.15) is 10.7 Å². The van der Waals surface area contributed by atoms with Crippen molar-refractivity contribution in [3.05, 3.63) is 11.8 Å². The second-order valence-corrected chi connectivity index (χ2v) is 7.48. The molecular formula is C15H23N3O4S3. The SMILES string of the molecule is CN1CCC=C(c2nsnc2SCCCCCS)C1.O=C(O)C(=O)O. The summed E-state index contributed by atoms with van der Waals surface area (Å²) in [5, 5.41) is 15.9. The second-order valence-electron chi connectivity index (χ2n) is 5.42. The van der Waals surface area contributed by atoms with Gasteiger partial charge in [-0.3, -0.25) is 0 Å². The van der Waals surface area contributed by atoms with Crippen LogP contribution in [0.4, 0.5) is 0 Å². The van der Waals surface area contributed by atoms with Gasteiger partial charge in [0.2, 0.25) is 0 Å². The molecule has 140 valence electrons. The largest absolute Gasteiger partial charge is 0.473 e. The van der Waals surface area contributed by atoms with Gasteiger partial charge >= 0.3 is 11.9 Å². The molecule has 0 unspecified atom stereocenters. The van der Waals surface area contributed by atoms with E-state index in [1.807, 2.05) is 11.8 Å². The minimum atomic E-state index is -1.82. The van der Waals surface area contributed by atoms with Crippen LogP contribution < -0.4 is 0 Å². The van der Waals surface area contributed by atoms with Gasteiger partial charge in [0.05, 0.1) is 11.7 Å². The summed E-state index contributed by atoms with van der Waals surface area (Å²) in [7, 11) is 2.16. The number of unbranched alkanes of at least 4 members (excludes halogenated alkanes) is 2. The number of nitrogens with zero attached hydrogens (tertiary/aromatic N) is 3. The van der Waals surface area contributed by atoms with E-state index in [4.69, 9.17) is 19.8 Å². The van der Waals surface area contributed by atoms with E-state index >= 15 is 0 Å². The predicted octanol–water partition coefficient (Wildman–Crippen LogP) is 2.60. The Morgan fingerprint density at radius 1 is 1.28 bits per heavy atom. The highest BCUT2D eigenvalue weighted by Crippen LogP contribution is 2.29. The van der Waals surface area contributed by atoms with Crippen molar-refractivity contribution < 1.29 is 19.8 Å². The van der Waals surface area contributed by atoms with Gasteiger partial charge in [-0.05, 0) is 43.4 Å². The summed E-state index contributed by atoms with van der Waals surface area (Å²) in [6, 6.07) is 0. The molecule has 2 N–H and O–H groups in total. The number of aliphatic carboxylic acids is 2. The Hall–Kier alpha value is -1.10. The first-order valence-electron chi connectivity index (χ1n) is 7.86. The van der Waals surface area contributed by atoms with Gasteiger partial charge in [-0.2, -0.15) is 21.4 Å². The molecule has 1 aromatic heterocycles. The second kappa shape index (κ2) is 12.3. The van der Waals surface area contributed by atoms with Crippen LogP contribution in [0.2, 0.25) is 0 Å². The Bertz CT molecular complexity index is 580. The molecule has 2 heterocycles. The smallest absolute Gasteiger partial charge is 0.414 e. The Balaban J connectivity index is 0.000000450. The van der Waals surface area contributed by atoms with Gasteiger partial charge < -0.3 is 15.1 Å². The zero-order valence-corrected chi connectivity index (χ0v) is 16.6. The molecule has 0 saturated heterocycles. The molecule has 0 aliphatic carbocycles. The van der Waals surface area contributed by atoms with Gasteiger partial charge in [0, 0.05) is 13.1 Å². The normalized spacial score (nSPS) is 14.4. The summed E-state index contributed by atoms with van der Waals surface area (Å²) in [5.41, 5.74) is 2.47. The van der Waals surface area contributed by atoms with E-state index in [9.17, 15) is 0 Å². The van der Waals surface area contributed by atoms with E-state index in [1.165, 1.54) is 36.6 Å². The van der Waals surface area contributed by atoms with Crippen molar-refractivity contribution in [2.45, 2.75) is 30.7 Å². The Morgan fingerprint density at radius 2 is 2.00 bits per heavy atom. The number of hydrogen-bond donors (Lipinski definition) is 3. The highest BCUT2D eigenvalue weighted by Gasteiger charge is 2.17. The molecule has 1 aliphatic heterocycles. The highest BCUT2D eigenvalue weighted by atomic mass is 32.2. The summed E-state index contributed by atoms with van der Waals surface area (Å²) in [4.78, 5) is 20.5. The predicted molar refractivity (Wildman–Crippen MR) is 104 cm³/mol. The van der Waals surface area contributed by atoms with Crippen LogP contribution in [0.1, 0.15) is 31.4 Å². The fourth-order valence-corrected chi connectivity index (χ4v) is 4.03. The van der Waals surface area contributed by atoms with Crippen molar-refractivity contribution >= 4 is 53.6 Å². The van der Waals surface area contributed by atoms with E-state index < -0.39 is 11.9 Å². The van der Waals surface area contributed by atoms with Crippen LogP contribution in [0.3, 0.4) is 0 Å². The Labute approximate surface area is 161 Å². The fourth-order valence-electron chi connectivity index (χ4n) is 2.10. The molecule has 1 aromatic rings. The number of carboxylic acid groups (broad SMARTS) is 2. The molecule has 7 nitrogen and oxygen atoms in total. The fraction of sp³-hybridized carbons (Fsp3) is 0.600. The standard InChI is InChI=1S/C13H21N3S3.C2H2O4/c1-16-7-5-6-11(10-16)12-13(15-19-14-12)18-9-4-2-3-8-17;3-1(4)2(5)6/h6,17H,2-5,7-10H2,1H3;(H,3,4)(H,5,6). The summed E-state index contributed by atoms with van der Waals surface area (Å²) in [6.45, 7) is 2.14. The first-order valence-corrected chi connectivity index (χ1v) is 10.2. The quantitative estimate of drug-likeness (QED) is 0.275. The number of aromatic nitrogens is 2. The maximum atomic E-state index is 9.10. The lowest BCUT2D eigenvalue weighted by Gasteiger charge is -2.22. The molecule has 10 heteroatoms. The number of thioether (sulfide) groups is 1. The topological polar surface area (TPSA) is 104 Å². The van der Waals surface area contributed by atoms with E-state index in [2.05, 4.69) is 39.4 Å². The molecule has 0 aromatic carbocycles. The van der Waals surface area contributed by atoms with Gasteiger partial charge in [-0.1, -0.05) is 12.5 Å². The van der Waals surface area contributed by atoms with Crippen LogP contribution in [0.25, 0.3) is 5.57 Å². The van der Waals surface area contributed by atoms with Gasteiger partial charge in [0.25, 0.3) is 0 Å². The third kappa shape index (κ3) is 8.70. The summed E-state index contributed by atoms with van der Waals surface area (Å²) < 4.78 is 8.95. The molecule has 2 rings (SSSR count). The minimum Gasteiger partial charge on any atom is -0.473 e. The van der Waals surface area contributed by atoms with Crippen molar-refractivity contribution in [2.24, 2.45) is 0 Å². The molecule has 0 spiro atoms. The lowest BCUT2D eigenvalue weighted by atomic mass is 10.1. The molecular weight excluding hydrogens is 382 g/mol. The third-order valence-corrected chi connectivity index (χ3v) is 5.34. The molecule has 0 fully saturated rings. The van der Waals surface area contributed by atoms with Gasteiger partial charge in [0.15, 0.2) is 0 Å². The molecule has 0 radical (unpaired) electrons. The average molecular weight is 406 g/mol. The lowest BCUT2D eigenvalue weighted by molar-refractivity contribution is -0.159. The number of carboxylic acids is 2. The van der Waals surface area contributed by atoms with Crippen LogP contribution in [-0.4, -0.2) is 67.4 Å². The molecule has 1 aliphatic rings. The van der Waals surface area contributed by atoms with Gasteiger partial charge in [-0.15, -0.1) is 11.8 Å². The zero-order valence-electron chi connectivity index (χ0n) is 14.1. The van der Waals surface area contributed by atoms with Gasteiger partial charge in [-0.25, -0.2) is 9.59 Å². The van der Waals surface area contributed by atoms with E-state index in [0.29, 0.717) is 0 Å². The number of thiol groups is 1. The number of likely N-dealkylation sites (N-methyl/N-ethyl adjacent to an activating group) is 1. The van der Waals surface area contributed by atoms with Crippen molar-refractivity contribution in [1.29, 1.82) is 0 Å². The van der Waals surface area contributed by atoms with Crippen LogP contribution in [0.15, 0.2) is 11.1 Å². The molecule has 0 saturated carbocycles. The van der Waals surface area contributed by atoms with Crippen molar-refractivity contribution in [2.75, 3.05) is 31.6 Å². The highest BCUT2D eigenvalue weighted by molar-refractivity contribution is 7.99. The first kappa shape index (κ1) is 21.9. The summed E-state index contributed by atoms with van der Waals surface area (Å²) in [5.74, 6) is -1.52. The van der Waals surface area contributed by atoms with Crippen molar-refractivity contribution in [3.63, 3.8) is 0 Å². The third-order valence-electron chi connectivity index (χ3n) is 3.33. The minimum absolute atomic E-state index is 0.993. The summed E-state index contributed by atoms with van der Waals surface area (Å²) >= 11 is 7.43. The average Bonchev–Trinajstić information content (AvgIpc) is 3.03. The maximum Gasteiger partial charge on any atom is 0.414 e. The number of hydrogen-bond acceptors (Lipinski definition) is 8. The molecule has 0 amide bonds. The number of rotatable bonds is 7. The maximum absolute atomic E-state index is 9.10. The van der Waals surface area contributed by atoms with Crippen LogP contribution in [-0.2, 0) is 9.59 Å². The van der Waals surface area contributed by atoms with Crippen molar-refractivity contribution in [3.8, 4) is 0 Å².